The SMILES string of the molecule is [Ag+].[C-]#Cc1cccs1. The second-order valence-electron chi connectivity index (χ2n) is 1.10. The van der Waals surface area contributed by atoms with Crippen LogP contribution in [0.25, 0.3) is 0 Å². The van der Waals surface area contributed by atoms with Crippen LogP contribution in [-0.2, 0) is 22.4 Å². The third-order valence-electron chi connectivity index (χ3n) is 0.644. The minimum absolute atomic E-state index is 0. The van der Waals surface area contributed by atoms with Gasteiger partial charge >= 0.3 is 22.4 Å². The topological polar surface area (TPSA) is 0 Å². The smallest absolute Gasteiger partial charge is 0.365 e. The fourth-order valence-electron chi connectivity index (χ4n) is 0.350. The van der Waals surface area contributed by atoms with Gasteiger partial charge in [0.2, 0.25) is 0 Å². The Bertz CT molecular complexity index is 171. The molecule has 1 aromatic rings. The van der Waals surface area contributed by atoms with E-state index in [0.29, 0.717) is 0 Å². The molecule has 0 aliphatic heterocycles. The summed E-state index contributed by atoms with van der Waals surface area (Å²) in [5.41, 5.74) is 0. The van der Waals surface area contributed by atoms with E-state index >= 15 is 0 Å². The van der Waals surface area contributed by atoms with Crippen molar-refractivity contribution in [3.63, 3.8) is 0 Å². The molecule has 0 nitrogen and oxygen atoms in total. The first-order valence-electron chi connectivity index (χ1n) is 1.90. The Kier molecular flexibility index (Phi) is 3.94. The van der Waals surface area contributed by atoms with E-state index in [1.807, 2.05) is 17.5 Å². The van der Waals surface area contributed by atoms with Crippen LogP contribution in [0, 0.1) is 12.3 Å². The molecule has 0 N–H and O–H groups in total. The van der Waals surface area contributed by atoms with Crippen LogP contribution >= 0.6 is 11.3 Å². The first-order chi connectivity index (χ1) is 3.43. The van der Waals surface area contributed by atoms with Crippen LogP contribution in [0.4, 0.5) is 0 Å². The van der Waals surface area contributed by atoms with Gasteiger partial charge in [-0.05, 0) is 5.38 Å². The van der Waals surface area contributed by atoms with Crippen molar-refractivity contribution in [2.24, 2.45) is 0 Å². The molecule has 0 unspecified atom stereocenters. The van der Waals surface area contributed by atoms with Gasteiger partial charge in [-0.25, -0.2) is 11.3 Å². The van der Waals surface area contributed by atoms with E-state index in [9.17, 15) is 0 Å². The van der Waals surface area contributed by atoms with Crippen LogP contribution in [0.5, 0.6) is 0 Å². The van der Waals surface area contributed by atoms with E-state index in [1.165, 1.54) is 11.3 Å². The molecule has 0 aromatic carbocycles. The van der Waals surface area contributed by atoms with Gasteiger partial charge in [-0.1, -0.05) is 10.9 Å². The van der Waals surface area contributed by atoms with E-state index in [-0.39, 0.29) is 22.4 Å². The maximum absolute atomic E-state index is 6.62. The Morgan fingerprint density at radius 1 is 1.62 bits per heavy atom. The Hall–Kier alpha value is 0.000260. The second kappa shape index (κ2) is 3.94. The minimum atomic E-state index is 0. The third kappa shape index (κ3) is 1.85. The third-order valence-corrected chi connectivity index (χ3v) is 1.43. The molecule has 0 aliphatic rings. The van der Waals surface area contributed by atoms with Crippen molar-refractivity contribution in [3.05, 3.63) is 28.8 Å². The summed E-state index contributed by atoms with van der Waals surface area (Å²) < 4.78 is 0. The molecule has 0 radical (unpaired) electrons. The van der Waals surface area contributed by atoms with Crippen LogP contribution < -0.4 is 0 Å². The molecule has 1 rings (SSSR count). The Morgan fingerprint density at radius 3 is 2.62 bits per heavy atom. The molecule has 0 fully saturated rings. The first-order valence-corrected chi connectivity index (χ1v) is 2.77. The normalized spacial score (nSPS) is 6.88. The molecular weight excluding hydrogens is 212 g/mol. The zero-order chi connectivity index (χ0) is 5.11. The fourth-order valence-corrected chi connectivity index (χ4v) is 0.869. The number of thiophene rings is 1. The summed E-state index contributed by atoms with van der Waals surface area (Å²) in [6, 6.07) is 3.76. The second-order valence-corrected chi connectivity index (χ2v) is 2.05. The van der Waals surface area contributed by atoms with Gasteiger partial charge in [0, 0.05) is 0 Å². The predicted molar refractivity (Wildman–Crippen MR) is 30.6 cm³/mol. The van der Waals surface area contributed by atoms with Crippen LogP contribution in [0.3, 0.4) is 0 Å². The van der Waals surface area contributed by atoms with Gasteiger partial charge in [-0.2, -0.15) is 0 Å². The predicted octanol–water partition coefficient (Wildman–Crippen LogP) is 1.68. The van der Waals surface area contributed by atoms with Crippen molar-refractivity contribution in [1.82, 2.24) is 0 Å². The van der Waals surface area contributed by atoms with Crippen molar-refractivity contribution in [2.75, 3.05) is 0 Å². The van der Waals surface area contributed by atoms with Crippen molar-refractivity contribution in [1.29, 1.82) is 0 Å². The van der Waals surface area contributed by atoms with Gasteiger partial charge in [0.1, 0.15) is 0 Å². The average Bonchev–Trinajstić information content (AvgIpc) is 2.14. The summed E-state index contributed by atoms with van der Waals surface area (Å²) >= 11 is 1.52. The first kappa shape index (κ1) is 8.00. The number of hydrogen-bond acceptors (Lipinski definition) is 1. The Labute approximate surface area is 68.4 Å². The summed E-state index contributed by atoms with van der Waals surface area (Å²) in [4.78, 5) is 0.889. The van der Waals surface area contributed by atoms with Crippen molar-refractivity contribution in [3.8, 4) is 5.92 Å². The molecule has 0 amide bonds. The zero-order valence-corrected chi connectivity index (χ0v) is 6.24. The maximum Gasteiger partial charge on any atom is 1.00 e. The van der Waals surface area contributed by atoms with Crippen molar-refractivity contribution in [2.45, 2.75) is 0 Å². The van der Waals surface area contributed by atoms with Gasteiger partial charge in [-0.3, -0.25) is 5.92 Å². The fraction of sp³-hybridized carbons (Fsp3) is 0. The van der Waals surface area contributed by atoms with Crippen molar-refractivity contribution < 1.29 is 22.4 Å². The number of hydrogen-bond donors (Lipinski definition) is 0. The van der Waals surface area contributed by atoms with Crippen LogP contribution in [-0.4, -0.2) is 0 Å². The quantitative estimate of drug-likeness (QED) is 0.351. The van der Waals surface area contributed by atoms with Gasteiger partial charge in [0.25, 0.3) is 0 Å². The summed E-state index contributed by atoms with van der Waals surface area (Å²) in [5.74, 6) is 2.28. The van der Waals surface area contributed by atoms with Crippen molar-refractivity contribution >= 4 is 11.3 Å². The molecule has 0 saturated heterocycles. The molecule has 0 atom stereocenters. The molecule has 44 valence electrons. The molecule has 1 aromatic heterocycles. The molecule has 1 heterocycles. The van der Waals surface area contributed by atoms with Gasteiger partial charge in [0.05, 0.1) is 0 Å². The molecule has 0 spiro atoms. The van der Waals surface area contributed by atoms with Crippen LogP contribution in [0.1, 0.15) is 4.88 Å². The summed E-state index contributed by atoms with van der Waals surface area (Å²) in [7, 11) is 0. The van der Waals surface area contributed by atoms with E-state index in [2.05, 4.69) is 5.92 Å². The van der Waals surface area contributed by atoms with E-state index < -0.39 is 0 Å². The van der Waals surface area contributed by atoms with Gasteiger partial charge < -0.3 is 6.42 Å². The summed E-state index contributed by atoms with van der Waals surface area (Å²) in [6.45, 7) is 0. The van der Waals surface area contributed by atoms with Gasteiger partial charge in [-0.15, -0.1) is 6.07 Å². The average molecular weight is 215 g/mol. The molecule has 2 heteroatoms. The van der Waals surface area contributed by atoms with E-state index in [0.717, 1.165) is 4.88 Å². The molecule has 0 saturated carbocycles. The molecular formula is C6H3AgS. The monoisotopic (exact) mass is 214 g/mol. The molecule has 0 aliphatic carbocycles. The van der Waals surface area contributed by atoms with Crippen LogP contribution in [0.15, 0.2) is 17.5 Å². The van der Waals surface area contributed by atoms with Gasteiger partial charge in [0.15, 0.2) is 0 Å². The van der Waals surface area contributed by atoms with E-state index in [4.69, 9.17) is 6.42 Å². The Morgan fingerprint density at radius 2 is 2.38 bits per heavy atom. The van der Waals surface area contributed by atoms with Crippen LogP contribution in [0.2, 0.25) is 0 Å². The zero-order valence-electron chi connectivity index (χ0n) is 3.94. The standard InChI is InChI=1S/C6H3S.Ag/c1-2-6-4-3-5-7-6;/h3-5H;/q-1;+1. The molecule has 8 heavy (non-hydrogen) atoms. The maximum atomic E-state index is 6.62. The number of rotatable bonds is 0. The largest absolute Gasteiger partial charge is 1.00 e. The summed E-state index contributed by atoms with van der Waals surface area (Å²) in [5, 5.41) is 1.93. The summed E-state index contributed by atoms with van der Waals surface area (Å²) in [6.07, 6.45) is 6.62. The molecule has 0 bridgehead atoms. The Balaban J connectivity index is 0.000000490. The van der Waals surface area contributed by atoms with E-state index in [1.54, 1.807) is 0 Å². The minimum Gasteiger partial charge on any atom is -0.365 e.